The molecule has 192 valence electrons. The molecule has 0 spiro atoms. The Kier molecular flexibility index (Phi) is 5.19. The number of fused-ring (bicyclic) bond motifs is 2. The van der Waals surface area contributed by atoms with Crippen LogP contribution in [0.4, 0.5) is 0 Å². The highest BCUT2D eigenvalue weighted by Crippen LogP contribution is 2.33. The van der Waals surface area contributed by atoms with E-state index in [2.05, 4.69) is 26.3 Å². The van der Waals surface area contributed by atoms with E-state index in [0.717, 1.165) is 40.6 Å². The van der Waals surface area contributed by atoms with Crippen molar-refractivity contribution in [1.82, 2.24) is 34.4 Å². The van der Waals surface area contributed by atoms with E-state index in [0.29, 0.717) is 37.0 Å². The molecule has 10 heteroatoms. The molecule has 0 atom stereocenters. The smallest absolute Gasteiger partial charge is 0.264 e. The van der Waals surface area contributed by atoms with Gasteiger partial charge in [0.05, 0.1) is 35.7 Å². The molecule has 2 aromatic carbocycles. The van der Waals surface area contributed by atoms with Crippen molar-refractivity contribution in [2.75, 3.05) is 13.1 Å². The number of likely N-dealkylation sites (tertiary alicyclic amines) is 1. The molecule has 2 aliphatic rings. The SMILES string of the molecule is O=C(C1CC1)N1CCC(O)(Cn2cnc3c(cnn3-c3ccc(-c4cccc5[nH]ncc45)cc3)c2=O)CC1. The predicted octanol–water partition coefficient (Wildman–Crippen LogP) is 2.89. The van der Waals surface area contributed by atoms with Crippen molar-refractivity contribution in [2.24, 2.45) is 5.92 Å². The lowest BCUT2D eigenvalue weighted by Gasteiger charge is -2.38. The van der Waals surface area contributed by atoms with Gasteiger partial charge in [0.2, 0.25) is 5.91 Å². The van der Waals surface area contributed by atoms with E-state index < -0.39 is 5.60 Å². The molecule has 1 saturated carbocycles. The Morgan fingerprint density at radius 1 is 1.05 bits per heavy atom. The number of benzene rings is 2. The molecule has 1 aliphatic carbocycles. The zero-order chi connectivity index (χ0) is 25.9. The number of nitrogens with one attached hydrogen (secondary N) is 1. The summed E-state index contributed by atoms with van der Waals surface area (Å²) in [6, 6.07) is 14.0. The third-order valence-electron chi connectivity index (χ3n) is 7.86. The maximum atomic E-state index is 13.3. The Hall–Kier alpha value is -4.31. The quantitative estimate of drug-likeness (QED) is 0.376. The van der Waals surface area contributed by atoms with Crippen LogP contribution < -0.4 is 5.56 Å². The summed E-state index contributed by atoms with van der Waals surface area (Å²) in [5.41, 5.74) is 3.07. The van der Waals surface area contributed by atoms with Crippen LogP contribution >= 0.6 is 0 Å². The molecule has 7 rings (SSSR count). The Morgan fingerprint density at radius 2 is 1.84 bits per heavy atom. The molecule has 1 amide bonds. The average Bonchev–Trinajstić information content (AvgIpc) is 3.51. The Balaban J connectivity index is 1.12. The lowest BCUT2D eigenvalue weighted by molar-refractivity contribution is -0.137. The fourth-order valence-electron chi connectivity index (χ4n) is 5.46. The monoisotopic (exact) mass is 509 g/mol. The first-order valence-corrected chi connectivity index (χ1v) is 13.0. The van der Waals surface area contributed by atoms with Crippen molar-refractivity contribution in [3.8, 4) is 16.8 Å². The fourth-order valence-corrected chi connectivity index (χ4v) is 5.46. The van der Waals surface area contributed by atoms with Crippen molar-refractivity contribution in [3.05, 3.63) is 71.5 Å². The minimum Gasteiger partial charge on any atom is -0.388 e. The van der Waals surface area contributed by atoms with E-state index in [1.807, 2.05) is 47.5 Å². The molecule has 0 bridgehead atoms. The second-order valence-corrected chi connectivity index (χ2v) is 10.5. The topological polar surface area (TPSA) is 122 Å². The molecule has 2 fully saturated rings. The summed E-state index contributed by atoms with van der Waals surface area (Å²) in [5, 5.41) is 24.2. The van der Waals surface area contributed by atoms with E-state index in [4.69, 9.17) is 0 Å². The molecular formula is C28H27N7O3. The Labute approximate surface area is 217 Å². The molecule has 0 unspecified atom stereocenters. The molecule has 0 radical (unpaired) electrons. The van der Waals surface area contributed by atoms with Crippen molar-refractivity contribution in [3.63, 3.8) is 0 Å². The number of carbonyl (C=O) groups is 1. The average molecular weight is 510 g/mol. The van der Waals surface area contributed by atoms with Crippen LogP contribution in [0, 0.1) is 5.92 Å². The molecular weight excluding hydrogens is 482 g/mol. The molecule has 5 aromatic rings. The molecule has 38 heavy (non-hydrogen) atoms. The second-order valence-electron chi connectivity index (χ2n) is 10.5. The van der Waals surface area contributed by atoms with Crippen LogP contribution in [0.25, 0.3) is 38.8 Å². The van der Waals surface area contributed by atoms with Crippen LogP contribution in [0.3, 0.4) is 0 Å². The molecule has 1 aliphatic heterocycles. The van der Waals surface area contributed by atoms with Crippen molar-refractivity contribution in [2.45, 2.75) is 37.8 Å². The van der Waals surface area contributed by atoms with E-state index in [-0.39, 0.29) is 23.9 Å². The van der Waals surface area contributed by atoms with Gasteiger partial charge in [0.1, 0.15) is 11.7 Å². The second kappa shape index (κ2) is 8.63. The molecule has 10 nitrogen and oxygen atoms in total. The number of amides is 1. The number of piperidine rings is 1. The van der Waals surface area contributed by atoms with E-state index >= 15 is 0 Å². The van der Waals surface area contributed by atoms with Gasteiger partial charge in [0, 0.05) is 24.4 Å². The maximum absolute atomic E-state index is 13.3. The third-order valence-corrected chi connectivity index (χ3v) is 7.86. The molecule has 1 saturated heterocycles. The zero-order valence-electron chi connectivity index (χ0n) is 20.7. The lowest BCUT2D eigenvalue weighted by Crippen LogP contribution is -2.50. The van der Waals surface area contributed by atoms with Gasteiger partial charge in [-0.1, -0.05) is 24.3 Å². The van der Waals surface area contributed by atoms with Crippen LogP contribution in [-0.2, 0) is 11.3 Å². The summed E-state index contributed by atoms with van der Waals surface area (Å²) in [5.74, 6) is 0.375. The number of rotatable bonds is 5. The van der Waals surface area contributed by atoms with Gasteiger partial charge >= 0.3 is 0 Å². The molecule has 3 aromatic heterocycles. The highest BCUT2D eigenvalue weighted by atomic mass is 16.3. The van der Waals surface area contributed by atoms with E-state index in [9.17, 15) is 14.7 Å². The van der Waals surface area contributed by atoms with Crippen LogP contribution in [0.5, 0.6) is 0 Å². The number of aromatic amines is 1. The summed E-state index contributed by atoms with van der Waals surface area (Å²) < 4.78 is 3.11. The first-order valence-electron chi connectivity index (χ1n) is 13.0. The Bertz CT molecular complexity index is 1720. The number of aliphatic hydroxyl groups is 1. The minimum absolute atomic E-state index is 0.139. The summed E-state index contributed by atoms with van der Waals surface area (Å²) in [6.45, 7) is 1.16. The van der Waals surface area contributed by atoms with Crippen molar-refractivity contribution in [1.29, 1.82) is 0 Å². The van der Waals surface area contributed by atoms with Gasteiger partial charge < -0.3 is 10.0 Å². The van der Waals surface area contributed by atoms with Gasteiger partial charge in [-0.05, 0) is 55.0 Å². The summed E-state index contributed by atoms with van der Waals surface area (Å²) in [4.78, 5) is 32.0. The number of carbonyl (C=O) groups excluding carboxylic acids is 1. The highest BCUT2D eigenvalue weighted by molar-refractivity contribution is 5.94. The minimum atomic E-state index is -1.05. The number of hydrogen-bond donors (Lipinski definition) is 2. The van der Waals surface area contributed by atoms with E-state index in [1.165, 1.54) is 17.1 Å². The lowest BCUT2D eigenvalue weighted by atomic mass is 9.91. The number of aromatic nitrogens is 6. The zero-order valence-corrected chi connectivity index (χ0v) is 20.7. The highest BCUT2D eigenvalue weighted by Gasteiger charge is 2.39. The van der Waals surface area contributed by atoms with E-state index in [1.54, 1.807) is 4.68 Å². The van der Waals surface area contributed by atoms with Crippen molar-refractivity contribution < 1.29 is 9.90 Å². The maximum Gasteiger partial charge on any atom is 0.264 e. The molecule has 2 N–H and O–H groups in total. The first-order chi connectivity index (χ1) is 18.5. The van der Waals surface area contributed by atoms with Gasteiger partial charge in [0.25, 0.3) is 5.56 Å². The number of hydrogen-bond acceptors (Lipinski definition) is 6. The fraction of sp³-hybridized carbons (Fsp3) is 0.321. The molecule has 4 heterocycles. The standard InChI is InChI=1S/C28H27N7O3/c36-26(19-4-5-19)33-12-10-28(38,11-13-33)16-34-17-29-25-23(27(34)37)15-31-35(25)20-8-6-18(7-9-20)21-2-1-3-24-22(21)14-30-32-24/h1-3,6-9,14-15,17,19,38H,4-5,10-13,16H2,(H,30,32). The van der Waals surface area contributed by atoms with Gasteiger partial charge in [0.15, 0.2) is 5.65 Å². The number of H-pyrrole nitrogens is 1. The summed E-state index contributed by atoms with van der Waals surface area (Å²) >= 11 is 0. The van der Waals surface area contributed by atoms with Gasteiger partial charge in [-0.3, -0.25) is 19.3 Å². The Morgan fingerprint density at radius 3 is 2.61 bits per heavy atom. The van der Waals surface area contributed by atoms with Gasteiger partial charge in [-0.15, -0.1) is 0 Å². The van der Waals surface area contributed by atoms with Crippen LogP contribution in [0.15, 0.2) is 66.0 Å². The van der Waals surface area contributed by atoms with Crippen LogP contribution in [0.2, 0.25) is 0 Å². The predicted molar refractivity (Wildman–Crippen MR) is 142 cm³/mol. The largest absolute Gasteiger partial charge is 0.388 e. The summed E-state index contributed by atoms with van der Waals surface area (Å²) in [6.07, 6.45) is 7.66. The van der Waals surface area contributed by atoms with Crippen LogP contribution in [-0.4, -0.2) is 64.1 Å². The van der Waals surface area contributed by atoms with Gasteiger partial charge in [-0.2, -0.15) is 10.2 Å². The van der Waals surface area contributed by atoms with Gasteiger partial charge in [-0.25, -0.2) is 9.67 Å². The third kappa shape index (κ3) is 3.88. The van der Waals surface area contributed by atoms with Crippen LogP contribution in [0.1, 0.15) is 25.7 Å². The number of nitrogens with zero attached hydrogens (tertiary/aromatic N) is 6. The normalized spacial score (nSPS) is 17.3. The summed E-state index contributed by atoms with van der Waals surface area (Å²) in [7, 11) is 0. The van der Waals surface area contributed by atoms with Crippen molar-refractivity contribution >= 4 is 27.8 Å². The first kappa shape index (κ1) is 22.9.